The van der Waals surface area contributed by atoms with Crippen molar-refractivity contribution in [3.63, 3.8) is 0 Å². The second kappa shape index (κ2) is 5.39. The highest BCUT2D eigenvalue weighted by molar-refractivity contribution is 5.97. The zero-order valence-electron chi connectivity index (χ0n) is 10.1. The van der Waals surface area contributed by atoms with E-state index < -0.39 is 11.8 Å². The van der Waals surface area contributed by atoms with Crippen molar-refractivity contribution in [1.29, 1.82) is 0 Å². The van der Waals surface area contributed by atoms with Gasteiger partial charge >= 0.3 is 5.97 Å². The molecule has 0 fully saturated rings. The summed E-state index contributed by atoms with van der Waals surface area (Å²) in [4.78, 5) is 26.4. The molecule has 19 heavy (non-hydrogen) atoms. The number of carbonyl (C=O) groups is 2. The van der Waals surface area contributed by atoms with Crippen LogP contribution in [-0.2, 0) is 4.74 Å². The number of carbonyl (C=O) groups excluding carboxylic acids is 2. The topological polar surface area (TPSA) is 56.3 Å². The van der Waals surface area contributed by atoms with Crippen molar-refractivity contribution in [2.75, 3.05) is 7.11 Å². The maximum Gasteiger partial charge on any atom is 0.340 e. The first-order valence-corrected chi connectivity index (χ1v) is 5.46. The van der Waals surface area contributed by atoms with Gasteiger partial charge in [0.2, 0.25) is 0 Å². The lowest BCUT2D eigenvalue weighted by molar-refractivity contribution is 0.0597. The van der Waals surface area contributed by atoms with Crippen LogP contribution in [0, 0.1) is 5.82 Å². The van der Waals surface area contributed by atoms with Crippen molar-refractivity contribution in [3.05, 3.63) is 53.5 Å². The van der Waals surface area contributed by atoms with E-state index in [1.807, 2.05) is 0 Å². The van der Waals surface area contributed by atoms with E-state index in [9.17, 15) is 14.0 Å². The Bertz CT molecular complexity index is 640. The Morgan fingerprint density at radius 3 is 2.74 bits per heavy atom. The van der Waals surface area contributed by atoms with Crippen LogP contribution in [0.25, 0.3) is 11.3 Å². The average molecular weight is 259 g/mol. The van der Waals surface area contributed by atoms with Crippen LogP contribution in [0.4, 0.5) is 4.39 Å². The van der Waals surface area contributed by atoms with Gasteiger partial charge in [0.1, 0.15) is 11.5 Å². The van der Waals surface area contributed by atoms with Gasteiger partial charge in [-0.1, -0.05) is 12.1 Å². The Hall–Kier alpha value is -2.56. The molecule has 0 spiro atoms. The summed E-state index contributed by atoms with van der Waals surface area (Å²) in [6.07, 6.45) is 0.467. The normalized spacial score (nSPS) is 10.0. The molecule has 1 heterocycles. The molecule has 2 aromatic rings. The lowest BCUT2D eigenvalue weighted by Crippen LogP contribution is -2.07. The van der Waals surface area contributed by atoms with Crippen LogP contribution in [0.1, 0.15) is 20.8 Å². The average Bonchev–Trinajstić information content (AvgIpc) is 2.45. The summed E-state index contributed by atoms with van der Waals surface area (Å²) in [6.45, 7) is 0. The highest BCUT2D eigenvalue weighted by Crippen LogP contribution is 2.19. The summed E-state index contributed by atoms with van der Waals surface area (Å²) < 4.78 is 17.7. The molecule has 1 aromatic carbocycles. The largest absolute Gasteiger partial charge is 0.465 e. The molecule has 0 aliphatic rings. The van der Waals surface area contributed by atoms with Crippen LogP contribution in [0.3, 0.4) is 0 Å². The Morgan fingerprint density at radius 1 is 1.32 bits per heavy atom. The van der Waals surface area contributed by atoms with E-state index in [2.05, 4.69) is 9.72 Å². The van der Waals surface area contributed by atoms with Gasteiger partial charge in [0.25, 0.3) is 0 Å². The zero-order valence-corrected chi connectivity index (χ0v) is 10.1. The third-order valence-corrected chi connectivity index (χ3v) is 2.56. The standard InChI is InChI=1S/C14H10FNO3/c1-19-14(18)11-5-6-12(16-13(11)8-17)9-3-2-4-10(15)7-9/h2-8H,1H3. The van der Waals surface area contributed by atoms with Crippen molar-refractivity contribution >= 4 is 12.3 Å². The third-order valence-electron chi connectivity index (χ3n) is 2.56. The van der Waals surface area contributed by atoms with Gasteiger partial charge in [0.05, 0.1) is 18.4 Å². The summed E-state index contributed by atoms with van der Waals surface area (Å²) in [5.41, 5.74) is 0.986. The van der Waals surface area contributed by atoms with E-state index in [0.29, 0.717) is 17.5 Å². The SMILES string of the molecule is COC(=O)c1ccc(-c2cccc(F)c2)nc1C=O. The number of benzene rings is 1. The lowest BCUT2D eigenvalue weighted by atomic mass is 10.1. The van der Waals surface area contributed by atoms with Crippen molar-refractivity contribution < 1.29 is 18.7 Å². The number of nitrogens with zero attached hydrogens (tertiary/aromatic N) is 1. The third kappa shape index (κ3) is 2.65. The van der Waals surface area contributed by atoms with Crippen molar-refractivity contribution in [2.45, 2.75) is 0 Å². The molecule has 0 amide bonds. The van der Waals surface area contributed by atoms with Gasteiger partial charge in [-0.2, -0.15) is 0 Å². The maximum absolute atomic E-state index is 13.1. The molecule has 0 aliphatic carbocycles. The first kappa shape index (κ1) is 12.9. The second-order valence-electron chi connectivity index (χ2n) is 3.75. The Kier molecular flexibility index (Phi) is 3.66. The molecule has 0 saturated carbocycles. The zero-order chi connectivity index (χ0) is 13.8. The molecule has 0 N–H and O–H groups in total. The van der Waals surface area contributed by atoms with Gasteiger partial charge in [-0.05, 0) is 24.3 Å². The van der Waals surface area contributed by atoms with E-state index in [4.69, 9.17) is 0 Å². The van der Waals surface area contributed by atoms with Crippen LogP contribution in [0.15, 0.2) is 36.4 Å². The molecule has 0 atom stereocenters. The fourth-order valence-corrected chi connectivity index (χ4v) is 1.66. The summed E-state index contributed by atoms with van der Waals surface area (Å²) in [7, 11) is 1.22. The minimum Gasteiger partial charge on any atom is -0.465 e. The predicted octanol–water partition coefficient (Wildman–Crippen LogP) is 2.49. The van der Waals surface area contributed by atoms with Gasteiger partial charge in [-0.15, -0.1) is 0 Å². The van der Waals surface area contributed by atoms with E-state index in [1.165, 1.54) is 31.4 Å². The van der Waals surface area contributed by atoms with Crippen LogP contribution < -0.4 is 0 Å². The maximum atomic E-state index is 13.1. The molecule has 1 aromatic heterocycles. The van der Waals surface area contributed by atoms with Gasteiger partial charge in [-0.3, -0.25) is 4.79 Å². The Labute approximate surface area is 108 Å². The summed E-state index contributed by atoms with van der Waals surface area (Å²) in [5.74, 6) is -1.04. The molecule has 2 rings (SSSR count). The number of aromatic nitrogens is 1. The number of hydrogen-bond acceptors (Lipinski definition) is 4. The number of hydrogen-bond donors (Lipinski definition) is 0. The molecule has 4 nitrogen and oxygen atoms in total. The molecule has 5 heteroatoms. The van der Waals surface area contributed by atoms with Gasteiger partial charge in [0.15, 0.2) is 6.29 Å². The van der Waals surface area contributed by atoms with Crippen LogP contribution in [-0.4, -0.2) is 24.3 Å². The number of aldehydes is 1. The molecule has 0 aliphatic heterocycles. The second-order valence-corrected chi connectivity index (χ2v) is 3.75. The first-order chi connectivity index (χ1) is 9.15. The molecular formula is C14H10FNO3. The number of esters is 1. The van der Waals surface area contributed by atoms with E-state index in [-0.39, 0.29) is 11.3 Å². The fourth-order valence-electron chi connectivity index (χ4n) is 1.66. The van der Waals surface area contributed by atoms with Gasteiger partial charge in [0, 0.05) is 5.56 Å². The molecule has 0 radical (unpaired) electrons. The molecule has 0 saturated heterocycles. The minimum absolute atomic E-state index is 0.0337. The van der Waals surface area contributed by atoms with Crippen LogP contribution in [0.5, 0.6) is 0 Å². The highest BCUT2D eigenvalue weighted by Gasteiger charge is 2.14. The molecule has 0 unspecified atom stereocenters. The Balaban J connectivity index is 2.50. The van der Waals surface area contributed by atoms with Crippen LogP contribution in [0.2, 0.25) is 0 Å². The molecular weight excluding hydrogens is 249 g/mol. The van der Waals surface area contributed by atoms with E-state index in [1.54, 1.807) is 12.1 Å². The van der Waals surface area contributed by atoms with E-state index in [0.717, 1.165) is 0 Å². The lowest BCUT2D eigenvalue weighted by Gasteiger charge is -2.05. The van der Waals surface area contributed by atoms with E-state index >= 15 is 0 Å². The monoisotopic (exact) mass is 259 g/mol. The van der Waals surface area contributed by atoms with Crippen molar-refractivity contribution in [3.8, 4) is 11.3 Å². The van der Waals surface area contributed by atoms with Crippen molar-refractivity contribution in [2.24, 2.45) is 0 Å². The van der Waals surface area contributed by atoms with Gasteiger partial charge in [-0.25, -0.2) is 14.2 Å². The molecule has 96 valence electrons. The highest BCUT2D eigenvalue weighted by atomic mass is 19.1. The Morgan fingerprint density at radius 2 is 2.11 bits per heavy atom. The van der Waals surface area contributed by atoms with Gasteiger partial charge < -0.3 is 4.74 Å². The summed E-state index contributed by atoms with van der Waals surface area (Å²) >= 11 is 0. The number of pyridine rings is 1. The fraction of sp³-hybridized carbons (Fsp3) is 0.0714. The molecule has 0 bridgehead atoms. The minimum atomic E-state index is -0.639. The number of ether oxygens (including phenoxy) is 1. The first-order valence-electron chi connectivity index (χ1n) is 5.46. The number of methoxy groups -OCH3 is 1. The van der Waals surface area contributed by atoms with Crippen LogP contribution >= 0.6 is 0 Å². The number of rotatable bonds is 3. The number of halogens is 1. The quantitative estimate of drug-likeness (QED) is 0.627. The smallest absolute Gasteiger partial charge is 0.340 e. The van der Waals surface area contributed by atoms with Crippen molar-refractivity contribution in [1.82, 2.24) is 4.98 Å². The summed E-state index contributed by atoms with van der Waals surface area (Å²) in [5, 5.41) is 0. The summed E-state index contributed by atoms with van der Waals surface area (Å²) in [6, 6.07) is 8.79. The predicted molar refractivity (Wildman–Crippen MR) is 66.4 cm³/mol.